The Labute approximate surface area is 245 Å². The van der Waals surface area contributed by atoms with E-state index in [1.54, 1.807) is 48.5 Å². The van der Waals surface area contributed by atoms with E-state index in [-0.39, 0.29) is 16.5 Å². The van der Waals surface area contributed by atoms with Crippen LogP contribution in [0.4, 0.5) is 9.52 Å². The topological polar surface area (TPSA) is 89.0 Å². The van der Waals surface area contributed by atoms with Crippen LogP contribution >= 0.6 is 11.3 Å². The van der Waals surface area contributed by atoms with Crippen LogP contribution in [0.15, 0.2) is 103 Å². The number of anilines is 1. The number of halogens is 1. The minimum Gasteiger partial charge on any atom is -0.507 e. The van der Waals surface area contributed by atoms with Crippen LogP contribution in [0.3, 0.4) is 0 Å². The minimum atomic E-state index is -1.02. The summed E-state index contributed by atoms with van der Waals surface area (Å²) in [5, 5.41) is 11.7. The van der Waals surface area contributed by atoms with Crippen LogP contribution < -0.4 is 14.4 Å². The van der Waals surface area contributed by atoms with Crippen molar-refractivity contribution in [1.82, 2.24) is 4.98 Å². The fourth-order valence-corrected chi connectivity index (χ4v) is 5.81. The van der Waals surface area contributed by atoms with Gasteiger partial charge >= 0.3 is 5.91 Å². The highest BCUT2D eigenvalue weighted by Crippen LogP contribution is 2.45. The summed E-state index contributed by atoms with van der Waals surface area (Å²) in [6.45, 7) is 2.55. The SMILES string of the molecule is CCCOc1ccc(C(O)=C2C(=O)C(=O)N(c3nc4ccc(F)cc4s3)C2c2cccc(Oc3ccccc3)c2)cc1. The summed E-state index contributed by atoms with van der Waals surface area (Å²) >= 11 is 1.09. The molecular formula is C33H25FN2O5S. The van der Waals surface area contributed by atoms with Gasteiger partial charge in [0.25, 0.3) is 5.78 Å². The Morgan fingerprint density at radius 3 is 2.45 bits per heavy atom. The number of thiazole rings is 1. The first-order chi connectivity index (χ1) is 20.4. The van der Waals surface area contributed by atoms with Crippen LogP contribution in [0.2, 0.25) is 0 Å². The van der Waals surface area contributed by atoms with E-state index < -0.39 is 23.5 Å². The van der Waals surface area contributed by atoms with Crippen molar-refractivity contribution in [2.75, 3.05) is 11.5 Å². The molecule has 1 aliphatic rings. The van der Waals surface area contributed by atoms with Crippen molar-refractivity contribution in [3.05, 3.63) is 120 Å². The van der Waals surface area contributed by atoms with E-state index in [1.807, 2.05) is 37.3 Å². The molecule has 1 aromatic heterocycles. The number of hydrogen-bond acceptors (Lipinski definition) is 7. The number of carbonyl (C=O) groups is 2. The molecule has 7 nitrogen and oxygen atoms in total. The van der Waals surface area contributed by atoms with E-state index in [0.717, 1.165) is 17.8 Å². The van der Waals surface area contributed by atoms with E-state index in [2.05, 4.69) is 4.98 Å². The number of ketones is 1. The first kappa shape index (κ1) is 27.2. The average molecular weight is 581 g/mol. The second-order valence-corrected chi connectivity index (χ2v) is 10.6. The van der Waals surface area contributed by atoms with Crippen molar-refractivity contribution in [3.8, 4) is 17.2 Å². The molecule has 1 amide bonds. The van der Waals surface area contributed by atoms with Crippen molar-refractivity contribution in [2.45, 2.75) is 19.4 Å². The second-order valence-electron chi connectivity index (χ2n) is 9.64. The summed E-state index contributed by atoms with van der Waals surface area (Å²) in [4.78, 5) is 33.0. The zero-order chi connectivity index (χ0) is 29.2. The molecule has 42 heavy (non-hydrogen) atoms. The third-order valence-corrected chi connectivity index (χ3v) is 7.76. The Kier molecular flexibility index (Phi) is 7.41. The molecule has 0 aliphatic carbocycles. The number of fused-ring (bicyclic) bond motifs is 1. The third-order valence-electron chi connectivity index (χ3n) is 6.74. The summed E-state index contributed by atoms with van der Waals surface area (Å²) in [5.41, 5.74) is 1.27. The highest BCUT2D eigenvalue weighted by atomic mass is 32.1. The van der Waals surface area contributed by atoms with Gasteiger partial charge in [-0.05, 0) is 78.7 Å². The van der Waals surface area contributed by atoms with E-state index in [1.165, 1.54) is 23.1 Å². The number of amides is 1. The van der Waals surface area contributed by atoms with Gasteiger partial charge in [-0.25, -0.2) is 9.37 Å². The van der Waals surface area contributed by atoms with Crippen LogP contribution in [0, 0.1) is 5.82 Å². The highest BCUT2D eigenvalue weighted by molar-refractivity contribution is 7.22. The van der Waals surface area contributed by atoms with E-state index >= 15 is 0 Å². The molecular weight excluding hydrogens is 555 g/mol. The monoisotopic (exact) mass is 580 g/mol. The summed E-state index contributed by atoms with van der Waals surface area (Å²) in [6.07, 6.45) is 0.844. The largest absolute Gasteiger partial charge is 0.507 e. The molecule has 2 heterocycles. The number of carbonyl (C=O) groups excluding carboxylic acids is 2. The lowest BCUT2D eigenvalue weighted by Crippen LogP contribution is -2.29. The van der Waals surface area contributed by atoms with Crippen molar-refractivity contribution >= 4 is 44.1 Å². The molecule has 6 rings (SSSR count). The number of ether oxygens (including phenoxy) is 2. The summed E-state index contributed by atoms with van der Waals surface area (Å²) in [5.74, 6) is -0.756. The summed E-state index contributed by atoms with van der Waals surface area (Å²) < 4.78 is 26.2. The van der Waals surface area contributed by atoms with Crippen LogP contribution in [-0.4, -0.2) is 28.4 Å². The number of hydrogen-bond donors (Lipinski definition) is 1. The molecule has 1 fully saturated rings. The van der Waals surface area contributed by atoms with Crippen LogP contribution in [0.25, 0.3) is 16.0 Å². The van der Waals surface area contributed by atoms with Gasteiger partial charge in [0.2, 0.25) is 0 Å². The standard InChI is InChI=1S/C33H25FN2O5S/c1-2-17-40-23-14-11-20(12-15-23)30(37)28-29(21-7-6-10-25(18-21)41-24-8-4-3-5-9-24)36(32(39)31(28)38)33-35-26-16-13-22(34)19-27(26)42-33/h3-16,18-19,29,37H,2,17H2,1H3. The third kappa shape index (κ3) is 5.22. The predicted molar refractivity (Wildman–Crippen MR) is 160 cm³/mol. The van der Waals surface area contributed by atoms with Gasteiger partial charge in [-0.15, -0.1) is 0 Å². The summed E-state index contributed by atoms with van der Waals surface area (Å²) in [6, 6.07) is 26.0. The number of benzene rings is 4. The van der Waals surface area contributed by atoms with E-state index in [4.69, 9.17) is 9.47 Å². The molecule has 1 saturated heterocycles. The Bertz CT molecular complexity index is 1820. The highest BCUT2D eigenvalue weighted by Gasteiger charge is 2.48. The van der Waals surface area contributed by atoms with Crippen LogP contribution in [0.1, 0.15) is 30.5 Å². The first-order valence-electron chi connectivity index (χ1n) is 13.4. The zero-order valence-corrected chi connectivity index (χ0v) is 23.3. The first-order valence-corrected chi connectivity index (χ1v) is 14.2. The molecule has 9 heteroatoms. The number of aliphatic hydroxyl groups is 1. The average Bonchev–Trinajstić information content (AvgIpc) is 3.54. The van der Waals surface area contributed by atoms with Crippen molar-refractivity contribution < 1.29 is 28.6 Å². The molecule has 0 saturated carbocycles. The van der Waals surface area contributed by atoms with Gasteiger partial charge in [0.15, 0.2) is 5.13 Å². The van der Waals surface area contributed by atoms with Gasteiger partial charge in [0, 0.05) is 5.56 Å². The number of para-hydroxylation sites is 1. The fraction of sp³-hybridized carbons (Fsp3) is 0.121. The Morgan fingerprint density at radius 1 is 0.929 bits per heavy atom. The molecule has 1 atom stereocenters. The normalized spacial score (nSPS) is 16.2. The number of aliphatic hydroxyl groups excluding tert-OH is 1. The Balaban J connectivity index is 1.48. The maximum atomic E-state index is 14.0. The minimum absolute atomic E-state index is 0.0930. The molecule has 0 radical (unpaired) electrons. The number of nitrogens with zero attached hydrogens (tertiary/aromatic N) is 2. The van der Waals surface area contributed by atoms with Gasteiger partial charge in [-0.2, -0.15) is 0 Å². The lowest BCUT2D eigenvalue weighted by atomic mass is 9.95. The lowest BCUT2D eigenvalue weighted by molar-refractivity contribution is -0.132. The number of Topliss-reactive ketones (excluding diaryl/α,β-unsaturated/α-hetero) is 1. The molecule has 5 aromatic rings. The van der Waals surface area contributed by atoms with Crippen LogP contribution in [-0.2, 0) is 9.59 Å². The van der Waals surface area contributed by atoms with Crippen molar-refractivity contribution in [3.63, 3.8) is 0 Å². The summed E-state index contributed by atoms with van der Waals surface area (Å²) in [7, 11) is 0. The second kappa shape index (κ2) is 11.5. The zero-order valence-electron chi connectivity index (χ0n) is 22.5. The van der Waals surface area contributed by atoms with Crippen molar-refractivity contribution in [2.24, 2.45) is 0 Å². The fourth-order valence-electron chi connectivity index (χ4n) is 4.79. The van der Waals surface area contributed by atoms with E-state index in [9.17, 15) is 19.1 Å². The Morgan fingerprint density at radius 2 is 1.69 bits per heavy atom. The molecule has 0 bridgehead atoms. The molecule has 1 N–H and O–H groups in total. The quantitative estimate of drug-likeness (QED) is 0.115. The van der Waals surface area contributed by atoms with Crippen LogP contribution in [0.5, 0.6) is 17.2 Å². The van der Waals surface area contributed by atoms with Gasteiger partial charge in [-0.3, -0.25) is 14.5 Å². The molecule has 0 spiro atoms. The predicted octanol–water partition coefficient (Wildman–Crippen LogP) is 7.64. The Hall–Kier alpha value is -5.02. The lowest BCUT2D eigenvalue weighted by Gasteiger charge is -2.23. The van der Waals surface area contributed by atoms with Gasteiger partial charge in [0.05, 0.1) is 28.4 Å². The van der Waals surface area contributed by atoms with Gasteiger partial charge in [0.1, 0.15) is 28.8 Å². The number of aromatic nitrogens is 1. The molecule has 210 valence electrons. The number of rotatable bonds is 8. The maximum absolute atomic E-state index is 14.0. The van der Waals surface area contributed by atoms with Gasteiger partial charge < -0.3 is 14.6 Å². The maximum Gasteiger partial charge on any atom is 0.301 e. The smallest absolute Gasteiger partial charge is 0.301 e. The van der Waals surface area contributed by atoms with Crippen molar-refractivity contribution in [1.29, 1.82) is 0 Å². The molecule has 1 unspecified atom stereocenters. The van der Waals surface area contributed by atoms with Gasteiger partial charge in [-0.1, -0.05) is 48.6 Å². The van der Waals surface area contributed by atoms with E-state index in [0.29, 0.717) is 45.2 Å². The molecule has 1 aliphatic heterocycles. The molecule has 4 aromatic carbocycles.